The third-order valence-corrected chi connectivity index (χ3v) is 3.34. The van der Waals surface area contributed by atoms with Gasteiger partial charge < -0.3 is 20.7 Å². The smallest absolute Gasteiger partial charge is 0.323 e. The molecule has 0 aliphatic carbocycles. The Morgan fingerprint density at radius 1 is 1.33 bits per heavy atom. The molecule has 0 aromatic carbocycles. The zero-order valence-corrected chi connectivity index (χ0v) is 11.3. The molecule has 0 bridgehead atoms. The van der Waals surface area contributed by atoms with Crippen LogP contribution in [0.2, 0.25) is 0 Å². The van der Waals surface area contributed by atoms with Crippen LogP contribution in [0.1, 0.15) is 26.7 Å². The number of carbonyl (C=O) groups is 2. The predicted octanol–water partition coefficient (Wildman–Crippen LogP) is 0.317. The van der Waals surface area contributed by atoms with Crippen molar-refractivity contribution in [1.29, 1.82) is 0 Å². The second-order valence-electron chi connectivity index (χ2n) is 5.01. The molecule has 0 radical (unpaired) electrons. The van der Waals surface area contributed by atoms with Crippen LogP contribution in [-0.2, 0) is 9.53 Å². The number of amides is 2. The predicted molar refractivity (Wildman–Crippen MR) is 68.0 cm³/mol. The second kappa shape index (κ2) is 6.58. The molecule has 0 saturated carbocycles. The monoisotopic (exact) mass is 257 g/mol. The first kappa shape index (κ1) is 14.8. The molecule has 1 aliphatic rings. The Kier molecular flexibility index (Phi) is 5.40. The lowest BCUT2D eigenvalue weighted by Gasteiger charge is -2.34. The maximum Gasteiger partial charge on any atom is 0.323 e. The molecule has 1 aliphatic heterocycles. The van der Waals surface area contributed by atoms with Crippen LogP contribution in [0.4, 0.5) is 4.79 Å². The van der Waals surface area contributed by atoms with Gasteiger partial charge in [0.2, 0.25) is 0 Å². The summed E-state index contributed by atoms with van der Waals surface area (Å²) >= 11 is 0. The van der Waals surface area contributed by atoms with Gasteiger partial charge in [-0.1, -0.05) is 13.8 Å². The molecular weight excluding hydrogens is 234 g/mol. The summed E-state index contributed by atoms with van der Waals surface area (Å²) in [5, 5.41) is 3.31. The average Bonchev–Trinajstić information content (AvgIpc) is 2.35. The highest BCUT2D eigenvalue weighted by Crippen LogP contribution is 2.13. The van der Waals surface area contributed by atoms with Gasteiger partial charge in [0.25, 0.3) is 0 Å². The average molecular weight is 257 g/mol. The van der Waals surface area contributed by atoms with Crippen molar-refractivity contribution in [1.82, 2.24) is 10.2 Å². The van der Waals surface area contributed by atoms with E-state index in [2.05, 4.69) is 5.32 Å². The minimum absolute atomic E-state index is 0.173. The Morgan fingerprint density at radius 3 is 2.28 bits per heavy atom. The zero-order valence-electron chi connectivity index (χ0n) is 11.3. The van der Waals surface area contributed by atoms with E-state index in [-0.39, 0.29) is 30.0 Å². The summed E-state index contributed by atoms with van der Waals surface area (Å²) in [6, 6.07) is -0.436. The number of piperidine rings is 1. The number of hydrogen-bond acceptors (Lipinski definition) is 4. The normalized spacial score (nSPS) is 18.8. The first-order chi connectivity index (χ1) is 8.45. The van der Waals surface area contributed by atoms with E-state index in [1.165, 1.54) is 7.11 Å². The van der Waals surface area contributed by atoms with E-state index in [0.717, 1.165) is 12.8 Å². The van der Waals surface area contributed by atoms with Crippen LogP contribution in [0.3, 0.4) is 0 Å². The molecule has 1 rings (SSSR count). The van der Waals surface area contributed by atoms with Gasteiger partial charge in [-0.2, -0.15) is 0 Å². The summed E-state index contributed by atoms with van der Waals surface area (Å²) in [5.41, 5.74) is 5.22. The fourth-order valence-corrected chi connectivity index (χ4v) is 2.18. The van der Waals surface area contributed by atoms with Gasteiger partial charge in [0.1, 0.15) is 6.04 Å². The molecule has 18 heavy (non-hydrogen) atoms. The lowest BCUT2D eigenvalue weighted by Crippen LogP contribution is -2.52. The SMILES string of the molecule is COC(=O)C(NC1CCN(C(N)=O)CC1)C(C)C. The van der Waals surface area contributed by atoms with Gasteiger partial charge in [-0.3, -0.25) is 4.79 Å². The molecule has 1 atom stereocenters. The fourth-order valence-electron chi connectivity index (χ4n) is 2.18. The Balaban J connectivity index is 2.47. The van der Waals surface area contributed by atoms with E-state index in [1.807, 2.05) is 13.8 Å². The highest BCUT2D eigenvalue weighted by Gasteiger charge is 2.28. The van der Waals surface area contributed by atoms with Gasteiger partial charge in [-0.15, -0.1) is 0 Å². The molecule has 1 saturated heterocycles. The molecule has 1 fully saturated rings. The van der Waals surface area contributed by atoms with Crippen LogP contribution in [0.5, 0.6) is 0 Å². The van der Waals surface area contributed by atoms with Gasteiger partial charge in [0.05, 0.1) is 7.11 Å². The summed E-state index contributed by atoms with van der Waals surface area (Å²) in [6.07, 6.45) is 1.62. The molecule has 3 N–H and O–H groups in total. The van der Waals surface area contributed by atoms with Crippen LogP contribution in [0.15, 0.2) is 0 Å². The summed E-state index contributed by atoms with van der Waals surface area (Å²) < 4.78 is 4.79. The standard InChI is InChI=1S/C12H23N3O3/c1-8(2)10(11(16)18-3)14-9-4-6-15(7-5-9)12(13)17/h8-10,14H,4-7H2,1-3H3,(H2,13,17). The molecule has 1 unspecified atom stereocenters. The molecule has 0 aromatic heterocycles. The number of ether oxygens (including phenoxy) is 1. The number of rotatable bonds is 4. The van der Waals surface area contributed by atoms with Crippen LogP contribution >= 0.6 is 0 Å². The van der Waals surface area contributed by atoms with Crippen molar-refractivity contribution in [2.45, 2.75) is 38.8 Å². The van der Waals surface area contributed by atoms with Crippen molar-refractivity contribution in [2.24, 2.45) is 11.7 Å². The largest absolute Gasteiger partial charge is 0.468 e. The Hall–Kier alpha value is -1.30. The first-order valence-corrected chi connectivity index (χ1v) is 6.34. The number of urea groups is 1. The molecule has 6 heteroatoms. The number of carbonyl (C=O) groups excluding carboxylic acids is 2. The quantitative estimate of drug-likeness (QED) is 0.710. The summed E-state index contributed by atoms with van der Waals surface area (Å²) in [7, 11) is 1.40. The molecular formula is C12H23N3O3. The van der Waals surface area contributed by atoms with Crippen molar-refractivity contribution in [3.8, 4) is 0 Å². The second-order valence-corrected chi connectivity index (χ2v) is 5.01. The number of nitrogens with zero attached hydrogens (tertiary/aromatic N) is 1. The summed E-state index contributed by atoms with van der Waals surface area (Å²) in [4.78, 5) is 24.3. The van der Waals surface area contributed by atoms with Gasteiger partial charge in [-0.25, -0.2) is 4.79 Å². The van der Waals surface area contributed by atoms with Crippen molar-refractivity contribution >= 4 is 12.0 Å². The van der Waals surface area contributed by atoms with Gasteiger partial charge in [0, 0.05) is 19.1 Å². The first-order valence-electron chi connectivity index (χ1n) is 6.34. The number of nitrogens with two attached hydrogens (primary N) is 1. The molecule has 0 aromatic rings. The third kappa shape index (κ3) is 3.87. The van der Waals surface area contributed by atoms with Crippen molar-refractivity contribution in [2.75, 3.05) is 20.2 Å². The van der Waals surface area contributed by atoms with Crippen molar-refractivity contribution in [3.63, 3.8) is 0 Å². The van der Waals surface area contributed by atoms with Crippen LogP contribution in [0, 0.1) is 5.92 Å². The van der Waals surface area contributed by atoms with E-state index in [4.69, 9.17) is 10.5 Å². The van der Waals surface area contributed by atoms with Gasteiger partial charge in [0.15, 0.2) is 0 Å². The number of nitrogens with one attached hydrogen (secondary N) is 1. The van der Waals surface area contributed by atoms with Crippen molar-refractivity contribution < 1.29 is 14.3 Å². The summed E-state index contributed by atoms with van der Waals surface area (Å²) in [6.45, 7) is 5.23. The van der Waals surface area contributed by atoms with E-state index in [0.29, 0.717) is 13.1 Å². The summed E-state index contributed by atoms with van der Waals surface area (Å²) in [5.74, 6) is -0.0612. The number of primary amides is 1. The number of esters is 1. The van der Waals surface area contributed by atoms with Crippen LogP contribution in [0.25, 0.3) is 0 Å². The zero-order chi connectivity index (χ0) is 13.7. The lowest BCUT2D eigenvalue weighted by molar-refractivity contribution is -0.144. The Labute approximate surface area is 108 Å². The molecule has 1 heterocycles. The van der Waals surface area contributed by atoms with Crippen LogP contribution < -0.4 is 11.1 Å². The molecule has 2 amide bonds. The van der Waals surface area contributed by atoms with Gasteiger partial charge in [-0.05, 0) is 18.8 Å². The maximum atomic E-state index is 11.6. The van der Waals surface area contributed by atoms with E-state index in [9.17, 15) is 9.59 Å². The Bertz CT molecular complexity index is 299. The minimum atomic E-state index is -0.373. The Morgan fingerprint density at radius 2 is 1.89 bits per heavy atom. The lowest BCUT2D eigenvalue weighted by atomic mass is 9.99. The number of likely N-dealkylation sites (tertiary alicyclic amines) is 1. The topological polar surface area (TPSA) is 84.7 Å². The van der Waals surface area contributed by atoms with Gasteiger partial charge >= 0.3 is 12.0 Å². The van der Waals surface area contributed by atoms with Crippen LogP contribution in [-0.4, -0.2) is 49.2 Å². The highest BCUT2D eigenvalue weighted by molar-refractivity contribution is 5.76. The number of methoxy groups -OCH3 is 1. The highest BCUT2D eigenvalue weighted by atomic mass is 16.5. The van der Waals surface area contributed by atoms with Crippen molar-refractivity contribution in [3.05, 3.63) is 0 Å². The third-order valence-electron chi connectivity index (χ3n) is 3.34. The maximum absolute atomic E-state index is 11.6. The molecule has 6 nitrogen and oxygen atoms in total. The van der Waals surface area contributed by atoms with E-state index >= 15 is 0 Å². The number of hydrogen-bond donors (Lipinski definition) is 2. The van der Waals surface area contributed by atoms with E-state index < -0.39 is 0 Å². The minimum Gasteiger partial charge on any atom is -0.468 e. The van der Waals surface area contributed by atoms with E-state index in [1.54, 1.807) is 4.90 Å². The fraction of sp³-hybridized carbons (Fsp3) is 0.833. The molecule has 104 valence electrons. The molecule has 0 spiro atoms.